The van der Waals surface area contributed by atoms with E-state index >= 15 is 0 Å². The number of pyridine rings is 1. The first-order valence-electron chi connectivity index (χ1n) is 9.32. The fraction of sp³-hybridized carbons (Fsp3) is 0.0833. The zero-order valence-electron chi connectivity index (χ0n) is 15.8. The van der Waals surface area contributed by atoms with Gasteiger partial charge in [-0.15, -0.1) is 0 Å². The third-order valence-electron chi connectivity index (χ3n) is 5.15. The van der Waals surface area contributed by atoms with Gasteiger partial charge in [-0.2, -0.15) is 0 Å². The zero-order chi connectivity index (χ0) is 21.3. The van der Waals surface area contributed by atoms with Gasteiger partial charge in [-0.3, -0.25) is 9.59 Å². The third kappa shape index (κ3) is 3.39. The topological polar surface area (TPSA) is 93.4 Å². The molecule has 0 aliphatic rings. The number of para-hydroxylation sites is 1. The summed E-state index contributed by atoms with van der Waals surface area (Å²) >= 11 is 0. The Morgan fingerprint density at radius 3 is 2.40 bits per heavy atom. The molecule has 0 fully saturated rings. The van der Waals surface area contributed by atoms with Gasteiger partial charge in [0.2, 0.25) is 0 Å². The summed E-state index contributed by atoms with van der Waals surface area (Å²) in [6.07, 6.45) is 1.63. The second-order valence-corrected chi connectivity index (χ2v) is 7.02. The van der Waals surface area contributed by atoms with Crippen molar-refractivity contribution < 1.29 is 19.5 Å². The Kier molecular flexibility index (Phi) is 4.98. The minimum atomic E-state index is -1.75. The van der Waals surface area contributed by atoms with Crippen molar-refractivity contribution in [1.82, 2.24) is 4.57 Å². The largest absolute Gasteiger partial charge is 0.475 e. The lowest BCUT2D eigenvalue weighted by atomic mass is 9.95. The van der Waals surface area contributed by atoms with Crippen LogP contribution in [-0.2, 0) is 20.9 Å². The van der Waals surface area contributed by atoms with E-state index in [0.717, 1.165) is 16.3 Å². The lowest BCUT2D eigenvalue weighted by molar-refractivity contribution is -0.150. The fourth-order valence-electron chi connectivity index (χ4n) is 3.66. The predicted molar refractivity (Wildman–Crippen MR) is 113 cm³/mol. The van der Waals surface area contributed by atoms with E-state index in [1.807, 2.05) is 42.5 Å². The number of aliphatic carboxylic acids is 1. The van der Waals surface area contributed by atoms with Crippen LogP contribution in [0.5, 0.6) is 0 Å². The Morgan fingerprint density at radius 1 is 0.967 bits per heavy atom. The Labute approximate surface area is 171 Å². The number of carbonyl (C=O) groups is 3. The smallest absolute Gasteiger partial charge is 0.373 e. The summed E-state index contributed by atoms with van der Waals surface area (Å²) in [5.41, 5.74) is 0.927. The van der Waals surface area contributed by atoms with Gasteiger partial charge in [0.1, 0.15) is 12.2 Å². The maximum Gasteiger partial charge on any atom is 0.373 e. The van der Waals surface area contributed by atoms with E-state index in [9.17, 15) is 19.2 Å². The molecule has 6 heteroatoms. The van der Waals surface area contributed by atoms with Gasteiger partial charge >= 0.3 is 5.97 Å². The van der Waals surface area contributed by atoms with Crippen molar-refractivity contribution in [3.05, 3.63) is 94.3 Å². The molecule has 4 aromatic rings. The number of carboxylic acid groups (broad SMARTS) is 1. The lowest BCUT2D eigenvalue weighted by Crippen LogP contribution is -2.28. The minimum Gasteiger partial charge on any atom is -0.475 e. The van der Waals surface area contributed by atoms with Gasteiger partial charge in [0.25, 0.3) is 5.78 Å². The SMILES string of the molecule is O=CC(C(=O)C(=O)O)c1cn(Cc2ccc3ccccc3c2)c2ccccc2c1=O. The molecule has 0 bridgehead atoms. The van der Waals surface area contributed by atoms with Gasteiger partial charge in [0, 0.05) is 23.7 Å². The molecule has 3 aromatic carbocycles. The lowest BCUT2D eigenvalue weighted by Gasteiger charge is -2.16. The summed E-state index contributed by atoms with van der Waals surface area (Å²) < 4.78 is 1.77. The van der Waals surface area contributed by atoms with E-state index in [1.165, 1.54) is 6.20 Å². The molecule has 6 nitrogen and oxygen atoms in total. The summed E-state index contributed by atoms with van der Waals surface area (Å²) in [6.45, 7) is 0.380. The Morgan fingerprint density at radius 2 is 1.67 bits per heavy atom. The summed E-state index contributed by atoms with van der Waals surface area (Å²) in [5, 5.41) is 11.5. The van der Waals surface area contributed by atoms with Crippen LogP contribution < -0.4 is 5.43 Å². The van der Waals surface area contributed by atoms with E-state index in [0.29, 0.717) is 17.4 Å². The average molecular weight is 399 g/mol. The standard InChI is InChI=1S/C24H17NO5/c26-14-20(23(28)24(29)30)19-13-25(21-8-4-3-7-18(21)22(19)27)12-15-9-10-16-5-1-2-6-17(16)11-15/h1-11,13-14,20H,12H2,(H,29,30). The monoisotopic (exact) mass is 399 g/mol. The quantitative estimate of drug-likeness (QED) is 0.305. The van der Waals surface area contributed by atoms with Gasteiger partial charge in [-0.1, -0.05) is 48.5 Å². The van der Waals surface area contributed by atoms with Crippen LogP contribution in [-0.4, -0.2) is 27.7 Å². The molecule has 0 aliphatic carbocycles. The number of benzene rings is 3. The summed E-state index contributed by atoms with van der Waals surface area (Å²) in [5.74, 6) is -4.72. The van der Waals surface area contributed by atoms with Crippen LogP contribution in [0.25, 0.3) is 21.7 Å². The van der Waals surface area contributed by atoms with Crippen molar-refractivity contribution in [3.8, 4) is 0 Å². The maximum absolute atomic E-state index is 12.9. The summed E-state index contributed by atoms with van der Waals surface area (Å²) in [7, 11) is 0. The van der Waals surface area contributed by atoms with Crippen LogP contribution in [0.3, 0.4) is 0 Å². The molecule has 1 aromatic heterocycles. The molecule has 1 N–H and O–H groups in total. The molecule has 1 unspecified atom stereocenters. The van der Waals surface area contributed by atoms with Gasteiger partial charge in [-0.05, 0) is 34.5 Å². The van der Waals surface area contributed by atoms with E-state index in [1.54, 1.807) is 28.8 Å². The molecule has 0 spiro atoms. The number of carboxylic acids is 1. The molecule has 0 amide bonds. The fourth-order valence-corrected chi connectivity index (χ4v) is 3.66. The Hall–Kier alpha value is -4.06. The predicted octanol–water partition coefficient (Wildman–Crippen LogP) is 3.14. The number of fused-ring (bicyclic) bond motifs is 2. The molecular formula is C24H17NO5. The number of nitrogens with zero attached hydrogens (tertiary/aromatic N) is 1. The summed E-state index contributed by atoms with van der Waals surface area (Å²) in [4.78, 5) is 47.6. The molecule has 0 saturated carbocycles. The number of Topliss-reactive ketones (excluding diaryl/α,β-unsaturated/α-hetero) is 1. The van der Waals surface area contributed by atoms with Crippen LogP contribution in [0.4, 0.5) is 0 Å². The van der Waals surface area contributed by atoms with E-state index in [4.69, 9.17) is 5.11 Å². The van der Waals surface area contributed by atoms with Gasteiger partial charge < -0.3 is 14.5 Å². The van der Waals surface area contributed by atoms with E-state index in [2.05, 4.69) is 0 Å². The average Bonchev–Trinajstić information content (AvgIpc) is 2.77. The minimum absolute atomic E-state index is 0.142. The molecule has 0 radical (unpaired) electrons. The highest BCUT2D eigenvalue weighted by atomic mass is 16.4. The number of hydrogen-bond donors (Lipinski definition) is 1. The van der Waals surface area contributed by atoms with Crippen LogP contribution in [0.2, 0.25) is 0 Å². The molecule has 0 aliphatic heterocycles. The third-order valence-corrected chi connectivity index (χ3v) is 5.15. The maximum atomic E-state index is 12.9. The van der Waals surface area contributed by atoms with Crippen molar-refractivity contribution >= 4 is 39.7 Å². The first kappa shape index (κ1) is 19.3. The number of aromatic nitrogens is 1. The molecule has 4 rings (SSSR count). The first-order valence-corrected chi connectivity index (χ1v) is 9.32. The normalized spacial score (nSPS) is 12.0. The van der Waals surface area contributed by atoms with Crippen molar-refractivity contribution in [2.75, 3.05) is 0 Å². The van der Waals surface area contributed by atoms with Crippen molar-refractivity contribution in [2.24, 2.45) is 0 Å². The number of ketones is 1. The highest BCUT2D eigenvalue weighted by Gasteiger charge is 2.29. The van der Waals surface area contributed by atoms with Crippen molar-refractivity contribution in [2.45, 2.75) is 12.5 Å². The van der Waals surface area contributed by atoms with E-state index in [-0.39, 0.29) is 11.8 Å². The highest BCUT2D eigenvalue weighted by Crippen LogP contribution is 2.21. The molecule has 0 saturated heterocycles. The zero-order valence-corrected chi connectivity index (χ0v) is 15.8. The molecular weight excluding hydrogens is 382 g/mol. The second-order valence-electron chi connectivity index (χ2n) is 7.02. The van der Waals surface area contributed by atoms with Gasteiger partial charge in [-0.25, -0.2) is 4.79 Å². The van der Waals surface area contributed by atoms with Crippen LogP contribution in [0.15, 0.2) is 77.7 Å². The molecule has 1 atom stereocenters. The number of hydrogen-bond acceptors (Lipinski definition) is 4. The number of rotatable bonds is 6. The van der Waals surface area contributed by atoms with Crippen LogP contribution in [0.1, 0.15) is 17.0 Å². The van der Waals surface area contributed by atoms with Crippen molar-refractivity contribution in [3.63, 3.8) is 0 Å². The summed E-state index contributed by atoms with van der Waals surface area (Å²) in [6, 6.07) is 20.8. The van der Waals surface area contributed by atoms with Crippen LogP contribution >= 0.6 is 0 Å². The van der Waals surface area contributed by atoms with Crippen molar-refractivity contribution in [1.29, 1.82) is 0 Å². The van der Waals surface area contributed by atoms with Gasteiger partial charge in [0.05, 0.1) is 5.52 Å². The second kappa shape index (κ2) is 7.75. The first-order chi connectivity index (χ1) is 14.5. The number of aldehydes is 1. The molecule has 30 heavy (non-hydrogen) atoms. The Balaban J connectivity index is 1.89. The molecule has 1 heterocycles. The van der Waals surface area contributed by atoms with Gasteiger partial charge in [0.15, 0.2) is 5.43 Å². The number of carbonyl (C=O) groups excluding carboxylic acids is 2. The van der Waals surface area contributed by atoms with E-state index < -0.39 is 23.1 Å². The highest BCUT2D eigenvalue weighted by molar-refractivity contribution is 6.38. The molecule has 148 valence electrons. The Bertz CT molecular complexity index is 1370. The van der Waals surface area contributed by atoms with Crippen LogP contribution in [0, 0.1) is 0 Å².